The fourth-order valence-electron chi connectivity index (χ4n) is 1.82. The Morgan fingerprint density at radius 3 is 2.54 bits per heavy atom. The van der Waals surface area contributed by atoms with Crippen molar-refractivity contribution in [2.45, 2.75) is 19.4 Å². The first-order valence-electron chi connectivity index (χ1n) is 6.89. The summed E-state index contributed by atoms with van der Waals surface area (Å²) in [5.74, 6) is -2.16. The largest absolute Gasteiger partial charge is 0.524 e. The van der Waals surface area contributed by atoms with Gasteiger partial charge in [-0.15, -0.1) is 0 Å². The van der Waals surface area contributed by atoms with Gasteiger partial charge in [-0.1, -0.05) is 6.07 Å². The Balaban J connectivity index is 2.93. The van der Waals surface area contributed by atoms with E-state index in [1.54, 1.807) is 6.92 Å². The number of benzene rings is 1. The molecule has 0 aliphatic rings. The molecule has 0 aliphatic carbocycles. The SMILES string of the molecule is CCOC(=O)[C@H](Cc1ccc(OP(=O)(O)O)c(O)c1)NC(=O)CN. The third-order valence-electron chi connectivity index (χ3n) is 2.77. The maximum absolute atomic E-state index is 11.9. The lowest BCUT2D eigenvalue weighted by Crippen LogP contribution is -2.45. The van der Waals surface area contributed by atoms with E-state index in [1.165, 1.54) is 6.07 Å². The third kappa shape index (κ3) is 6.55. The van der Waals surface area contributed by atoms with Gasteiger partial charge in [0.25, 0.3) is 0 Å². The molecule has 0 fully saturated rings. The molecule has 0 spiro atoms. The molecule has 0 saturated heterocycles. The van der Waals surface area contributed by atoms with Crippen molar-refractivity contribution in [3.63, 3.8) is 0 Å². The Hall–Kier alpha value is -2.13. The second-order valence-electron chi connectivity index (χ2n) is 4.66. The summed E-state index contributed by atoms with van der Waals surface area (Å²) in [4.78, 5) is 40.7. The maximum atomic E-state index is 11.9. The molecule has 0 unspecified atom stereocenters. The van der Waals surface area contributed by atoms with Crippen LogP contribution in [0.4, 0.5) is 0 Å². The molecule has 0 saturated carbocycles. The van der Waals surface area contributed by atoms with Gasteiger partial charge in [-0.3, -0.25) is 14.6 Å². The predicted octanol–water partition coefficient (Wildman–Crippen LogP) is -0.587. The van der Waals surface area contributed by atoms with Crippen molar-refractivity contribution in [3.05, 3.63) is 23.8 Å². The Morgan fingerprint density at radius 1 is 1.38 bits per heavy atom. The molecule has 134 valence electrons. The Kier molecular flexibility index (Phi) is 7.18. The van der Waals surface area contributed by atoms with E-state index < -0.39 is 37.2 Å². The molecule has 0 aliphatic heterocycles. The number of phosphoric acid groups is 1. The summed E-state index contributed by atoms with van der Waals surface area (Å²) < 4.78 is 19.9. The van der Waals surface area contributed by atoms with Gasteiger partial charge in [0.1, 0.15) is 6.04 Å². The van der Waals surface area contributed by atoms with Gasteiger partial charge < -0.3 is 25.4 Å². The molecule has 0 heterocycles. The fourth-order valence-corrected chi connectivity index (χ4v) is 2.23. The highest BCUT2D eigenvalue weighted by Gasteiger charge is 2.23. The molecule has 1 rings (SSSR count). The highest BCUT2D eigenvalue weighted by Crippen LogP contribution is 2.41. The molecular weight excluding hydrogens is 343 g/mol. The number of nitrogens with two attached hydrogens (primary N) is 1. The van der Waals surface area contributed by atoms with E-state index in [0.29, 0.717) is 5.56 Å². The monoisotopic (exact) mass is 362 g/mol. The Labute approximate surface area is 137 Å². The number of amides is 1. The molecule has 1 aromatic rings. The molecule has 11 heteroatoms. The molecule has 10 nitrogen and oxygen atoms in total. The number of nitrogens with one attached hydrogen (secondary N) is 1. The minimum atomic E-state index is -4.81. The summed E-state index contributed by atoms with van der Waals surface area (Å²) in [6.45, 7) is 1.42. The van der Waals surface area contributed by atoms with Crippen molar-refractivity contribution in [2.24, 2.45) is 5.73 Å². The summed E-state index contributed by atoms with van der Waals surface area (Å²) in [5, 5.41) is 12.1. The summed E-state index contributed by atoms with van der Waals surface area (Å²) in [6, 6.07) is 2.66. The summed E-state index contributed by atoms with van der Waals surface area (Å²) >= 11 is 0. The first kappa shape index (κ1) is 19.9. The number of aromatic hydroxyl groups is 1. The molecule has 0 bridgehead atoms. The van der Waals surface area contributed by atoms with Gasteiger partial charge >= 0.3 is 13.8 Å². The number of phenols is 1. The number of ether oxygens (including phenoxy) is 1. The number of rotatable bonds is 8. The average Bonchev–Trinajstić information content (AvgIpc) is 2.48. The molecule has 1 aromatic carbocycles. The average molecular weight is 362 g/mol. The van der Waals surface area contributed by atoms with Crippen molar-refractivity contribution >= 4 is 19.7 Å². The normalized spacial score (nSPS) is 12.3. The van der Waals surface area contributed by atoms with Gasteiger partial charge in [0.2, 0.25) is 5.91 Å². The van der Waals surface area contributed by atoms with Gasteiger partial charge in [0.15, 0.2) is 11.5 Å². The minimum absolute atomic E-state index is 0.0195. The van der Waals surface area contributed by atoms with E-state index in [0.717, 1.165) is 12.1 Å². The maximum Gasteiger partial charge on any atom is 0.524 e. The van der Waals surface area contributed by atoms with Gasteiger partial charge in [0, 0.05) is 6.42 Å². The van der Waals surface area contributed by atoms with E-state index in [2.05, 4.69) is 9.84 Å². The van der Waals surface area contributed by atoms with E-state index in [4.69, 9.17) is 20.3 Å². The van der Waals surface area contributed by atoms with Crippen molar-refractivity contribution in [1.82, 2.24) is 5.32 Å². The second-order valence-corrected chi connectivity index (χ2v) is 5.83. The van der Waals surface area contributed by atoms with Crippen LogP contribution in [0, 0.1) is 0 Å². The number of esters is 1. The van der Waals surface area contributed by atoms with E-state index in [1.807, 2.05) is 0 Å². The molecule has 1 amide bonds. The van der Waals surface area contributed by atoms with Crippen LogP contribution in [0.2, 0.25) is 0 Å². The van der Waals surface area contributed by atoms with Crippen LogP contribution in [0.15, 0.2) is 18.2 Å². The minimum Gasteiger partial charge on any atom is -0.504 e. The lowest BCUT2D eigenvalue weighted by molar-refractivity contribution is -0.147. The van der Waals surface area contributed by atoms with E-state index >= 15 is 0 Å². The zero-order valence-electron chi connectivity index (χ0n) is 12.8. The third-order valence-corrected chi connectivity index (χ3v) is 3.21. The van der Waals surface area contributed by atoms with Gasteiger partial charge in [-0.05, 0) is 24.6 Å². The summed E-state index contributed by atoms with van der Waals surface area (Å²) in [6.07, 6.45) is -0.0195. The number of hydrogen-bond acceptors (Lipinski definition) is 7. The lowest BCUT2D eigenvalue weighted by Gasteiger charge is -2.17. The Bertz CT molecular complexity index is 645. The van der Waals surface area contributed by atoms with E-state index in [-0.39, 0.29) is 19.6 Å². The van der Waals surface area contributed by atoms with Crippen molar-refractivity contribution < 1.29 is 38.3 Å². The van der Waals surface area contributed by atoms with Crippen LogP contribution in [0.5, 0.6) is 11.5 Å². The molecule has 24 heavy (non-hydrogen) atoms. The van der Waals surface area contributed by atoms with Crippen LogP contribution < -0.4 is 15.6 Å². The van der Waals surface area contributed by atoms with Crippen LogP contribution in [0.3, 0.4) is 0 Å². The van der Waals surface area contributed by atoms with Crippen molar-refractivity contribution in [1.29, 1.82) is 0 Å². The van der Waals surface area contributed by atoms with Crippen molar-refractivity contribution in [2.75, 3.05) is 13.2 Å². The molecular formula is C13H19N2O8P. The lowest BCUT2D eigenvalue weighted by atomic mass is 10.1. The van der Waals surface area contributed by atoms with E-state index in [9.17, 15) is 19.3 Å². The van der Waals surface area contributed by atoms with Gasteiger partial charge in [-0.2, -0.15) is 0 Å². The predicted molar refractivity (Wildman–Crippen MR) is 82.1 cm³/mol. The van der Waals surface area contributed by atoms with Gasteiger partial charge in [-0.25, -0.2) is 9.36 Å². The van der Waals surface area contributed by atoms with Crippen molar-refractivity contribution in [3.8, 4) is 11.5 Å². The number of carbonyl (C=O) groups excluding carboxylic acids is 2. The van der Waals surface area contributed by atoms with Crippen LogP contribution >= 0.6 is 7.82 Å². The molecule has 1 atom stereocenters. The summed E-state index contributed by atoms with van der Waals surface area (Å²) in [5.41, 5.74) is 5.60. The van der Waals surface area contributed by atoms with Gasteiger partial charge in [0.05, 0.1) is 13.2 Å². The number of phosphoric ester groups is 1. The zero-order chi connectivity index (χ0) is 18.3. The topological polar surface area (TPSA) is 168 Å². The number of carbonyl (C=O) groups is 2. The van der Waals surface area contributed by atoms with Crippen LogP contribution in [0.1, 0.15) is 12.5 Å². The first-order chi connectivity index (χ1) is 11.2. The summed E-state index contributed by atoms with van der Waals surface area (Å²) in [7, 11) is -4.81. The quantitative estimate of drug-likeness (QED) is 0.300. The second kappa shape index (κ2) is 8.65. The fraction of sp³-hybridized carbons (Fsp3) is 0.385. The molecule has 6 N–H and O–H groups in total. The molecule has 0 aromatic heterocycles. The Morgan fingerprint density at radius 2 is 2.04 bits per heavy atom. The van der Waals surface area contributed by atoms with Crippen LogP contribution in [-0.4, -0.2) is 46.0 Å². The van der Waals surface area contributed by atoms with Crippen LogP contribution in [0.25, 0.3) is 0 Å². The zero-order valence-corrected chi connectivity index (χ0v) is 13.7. The smallest absolute Gasteiger partial charge is 0.504 e. The number of phenolic OH excluding ortho intramolecular Hbond substituents is 1. The van der Waals surface area contributed by atoms with Crippen LogP contribution in [-0.2, 0) is 25.3 Å². The first-order valence-corrected chi connectivity index (χ1v) is 8.42. The highest BCUT2D eigenvalue weighted by molar-refractivity contribution is 7.46. The molecule has 0 radical (unpaired) electrons. The standard InChI is InChI=1S/C13H19N2O8P/c1-2-22-13(18)9(15-12(17)7-14)5-8-3-4-11(10(16)6-8)23-24(19,20)21/h3-4,6,9,16H,2,5,7,14H2,1H3,(H,15,17)(H2,19,20,21)/t9-/m0/s1. The number of hydrogen-bond donors (Lipinski definition) is 5. The highest BCUT2D eigenvalue weighted by atomic mass is 31.2.